The highest BCUT2D eigenvalue weighted by Crippen LogP contribution is 2.26. The van der Waals surface area contributed by atoms with Gasteiger partial charge < -0.3 is 9.52 Å². The Hall–Kier alpha value is -1.64. The van der Waals surface area contributed by atoms with Gasteiger partial charge in [-0.15, -0.1) is 0 Å². The van der Waals surface area contributed by atoms with Gasteiger partial charge >= 0.3 is 0 Å². The largest absolute Gasteiger partial charge is 0.466 e. The molecule has 0 aromatic carbocycles. The van der Waals surface area contributed by atoms with Crippen LogP contribution in [0, 0.1) is 13.8 Å². The fourth-order valence-electron chi connectivity index (χ4n) is 2.32. The molecule has 0 spiro atoms. The highest BCUT2D eigenvalue weighted by molar-refractivity contribution is 7.89. The lowest BCUT2D eigenvalue weighted by molar-refractivity contribution is 0.0612. The van der Waals surface area contributed by atoms with Gasteiger partial charge in [-0.25, -0.2) is 13.1 Å². The number of sulfonamides is 1. The third kappa shape index (κ3) is 3.82. The van der Waals surface area contributed by atoms with Crippen molar-refractivity contribution >= 4 is 10.0 Å². The molecule has 0 saturated heterocycles. The zero-order valence-corrected chi connectivity index (χ0v) is 14.8. The molecule has 0 amide bonds. The van der Waals surface area contributed by atoms with Crippen molar-refractivity contribution in [1.82, 2.24) is 14.5 Å². The van der Waals surface area contributed by atoms with Gasteiger partial charge in [-0.3, -0.25) is 4.68 Å². The maximum absolute atomic E-state index is 12.3. The van der Waals surface area contributed by atoms with E-state index in [4.69, 9.17) is 4.42 Å². The highest BCUT2D eigenvalue weighted by Gasteiger charge is 2.30. The third-order valence-corrected chi connectivity index (χ3v) is 5.00. The number of aliphatic hydroxyl groups is 1. The summed E-state index contributed by atoms with van der Waals surface area (Å²) in [5.74, 6) is 1.23. The SMILES string of the molecule is Cc1cc([C@](C)(O)CNS(=O)(=O)c2cnn(C(C)C)c2)c(C)o1. The summed E-state index contributed by atoms with van der Waals surface area (Å²) in [4.78, 5) is 0.0714. The van der Waals surface area contributed by atoms with Crippen LogP contribution in [0.4, 0.5) is 0 Å². The average Bonchev–Trinajstić information content (AvgIpc) is 3.04. The van der Waals surface area contributed by atoms with Gasteiger partial charge in [-0.2, -0.15) is 5.10 Å². The lowest BCUT2D eigenvalue weighted by Crippen LogP contribution is -2.38. The van der Waals surface area contributed by atoms with Crippen molar-refractivity contribution in [3.63, 3.8) is 0 Å². The number of furan rings is 1. The Balaban J connectivity index is 2.16. The summed E-state index contributed by atoms with van der Waals surface area (Å²) < 4.78 is 34.1. The molecule has 23 heavy (non-hydrogen) atoms. The molecule has 0 unspecified atom stereocenters. The summed E-state index contributed by atoms with van der Waals surface area (Å²) in [6, 6.07) is 1.78. The summed E-state index contributed by atoms with van der Waals surface area (Å²) in [5, 5.41) is 14.6. The second kappa shape index (κ2) is 6.10. The third-order valence-electron chi connectivity index (χ3n) is 3.64. The van der Waals surface area contributed by atoms with Crippen LogP contribution in [0.25, 0.3) is 0 Å². The van der Waals surface area contributed by atoms with Crippen molar-refractivity contribution in [2.24, 2.45) is 0 Å². The first kappa shape index (κ1) is 17.7. The molecule has 0 fully saturated rings. The molecule has 2 aromatic rings. The molecule has 128 valence electrons. The molecular weight excluding hydrogens is 318 g/mol. The van der Waals surface area contributed by atoms with E-state index in [0.717, 1.165) is 0 Å². The Morgan fingerprint density at radius 3 is 2.57 bits per heavy atom. The van der Waals surface area contributed by atoms with Crippen LogP contribution in [0.15, 0.2) is 27.8 Å². The van der Waals surface area contributed by atoms with E-state index in [-0.39, 0.29) is 17.5 Å². The van der Waals surface area contributed by atoms with Crippen molar-refractivity contribution in [3.05, 3.63) is 35.5 Å². The van der Waals surface area contributed by atoms with E-state index < -0.39 is 15.6 Å². The van der Waals surface area contributed by atoms with E-state index >= 15 is 0 Å². The van der Waals surface area contributed by atoms with Crippen LogP contribution in [0.2, 0.25) is 0 Å². The Bertz CT molecular complexity index is 788. The van der Waals surface area contributed by atoms with E-state index in [1.54, 1.807) is 31.5 Å². The standard InChI is InChI=1S/C15H23N3O4S/c1-10(2)18-8-13(7-16-18)23(20,21)17-9-15(5,19)14-6-11(3)22-12(14)4/h6-8,10,17,19H,9H2,1-5H3/t15-/m1/s1. The normalized spacial score (nSPS) is 15.1. The Kier molecular flexibility index (Phi) is 4.70. The maximum atomic E-state index is 12.3. The summed E-state index contributed by atoms with van der Waals surface area (Å²) in [6.45, 7) is 8.71. The molecule has 0 radical (unpaired) electrons. The molecule has 0 bridgehead atoms. The number of aromatic nitrogens is 2. The fourth-order valence-corrected chi connectivity index (χ4v) is 3.39. The Morgan fingerprint density at radius 1 is 1.43 bits per heavy atom. The first-order valence-electron chi connectivity index (χ1n) is 7.36. The molecule has 2 aromatic heterocycles. The van der Waals surface area contributed by atoms with Crippen LogP contribution < -0.4 is 4.72 Å². The molecule has 2 rings (SSSR count). The molecule has 1 atom stereocenters. The lowest BCUT2D eigenvalue weighted by atomic mass is 9.97. The van der Waals surface area contributed by atoms with Gasteiger partial charge in [0.2, 0.25) is 10.0 Å². The molecule has 0 saturated carbocycles. The van der Waals surface area contributed by atoms with Crippen molar-refractivity contribution in [2.75, 3.05) is 6.54 Å². The molecule has 8 heteroatoms. The van der Waals surface area contributed by atoms with Gasteiger partial charge in [0.15, 0.2) is 0 Å². The van der Waals surface area contributed by atoms with Crippen LogP contribution >= 0.6 is 0 Å². The predicted molar refractivity (Wildman–Crippen MR) is 85.6 cm³/mol. The summed E-state index contributed by atoms with van der Waals surface area (Å²) in [7, 11) is -3.74. The van der Waals surface area contributed by atoms with E-state index in [1.807, 2.05) is 13.8 Å². The van der Waals surface area contributed by atoms with Crippen LogP contribution in [0.3, 0.4) is 0 Å². The number of rotatable bonds is 6. The highest BCUT2D eigenvalue weighted by atomic mass is 32.2. The van der Waals surface area contributed by atoms with Crippen LogP contribution in [-0.2, 0) is 15.6 Å². The zero-order chi connectivity index (χ0) is 17.4. The first-order chi connectivity index (χ1) is 10.5. The van der Waals surface area contributed by atoms with Gasteiger partial charge in [-0.1, -0.05) is 0 Å². The van der Waals surface area contributed by atoms with Crippen LogP contribution in [-0.4, -0.2) is 29.8 Å². The lowest BCUT2D eigenvalue weighted by Gasteiger charge is -2.23. The quantitative estimate of drug-likeness (QED) is 0.836. The fraction of sp³-hybridized carbons (Fsp3) is 0.533. The van der Waals surface area contributed by atoms with Crippen molar-refractivity contribution in [2.45, 2.75) is 51.2 Å². The van der Waals surface area contributed by atoms with Gasteiger partial charge in [0, 0.05) is 24.3 Å². The monoisotopic (exact) mass is 341 g/mol. The number of nitrogens with one attached hydrogen (secondary N) is 1. The molecule has 2 heterocycles. The van der Waals surface area contributed by atoms with Gasteiger partial charge in [-0.05, 0) is 40.7 Å². The number of aryl methyl sites for hydroxylation is 2. The molecule has 0 aliphatic heterocycles. The second-order valence-corrected chi connectivity index (χ2v) is 7.94. The van der Waals surface area contributed by atoms with E-state index in [2.05, 4.69) is 9.82 Å². The minimum atomic E-state index is -3.74. The average molecular weight is 341 g/mol. The minimum Gasteiger partial charge on any atom is -0.466 e. The van der Waals surface area contributed by atoms with Crippen molar-refractivity contribution < 1.29 is 17.9 Å². The molecular formula is C15H23N3O4S. The minimum absolute atomic E-state index is 0.0682. The molecule has 0 aliphatic carbocycles. The van der Waals surface area contributed by atoms with Crippen LogP contribution in [0.1, 0.15) is 43.9 Å². The summed E-state index contributed by atoms with van der Waals surface area (Å²) in [6.07, 6.45) is 2.76. The van der Waals surface area contributed by atoms with E-state index in [1.165, 1.54) is 12.4 Å². The van der Waals surface area contributed by atoms with Crippen molar-refractivity contribution in [1.29, 1.82) is 0 Å². The molecule has 0 aliphatic rings. The second-order valence-electron chi connectivity index (χ2n) is 6.18. The number of hydrogen-bond acceptors (Lipinski definition) is 5. The number of nitrogens with zero attached hydrogens (tertiary/aromatic N) is 2. The topological polar surface area (TPSA) is 97.4 Å². The summed E-state index contributed by atoms with van der Waals surface area (Å²) in [5.41, 5.74) is -0.807. The smallest absolute Gasteiger partial charge is 0.243 e. The molecule has 7 nitrogen and oxygen atoms in total. The zero-order valence-electron chi connectivity index (χ0n) is 14.0. The molecule has 2 N–H and O–H groups in total. The van der Waals surface area contributed by atoms with Crippen LogP contribution in [0.5, 0.6) is 0 Å². The predicted octanol–water partition coefficient (Wildman–Crippen LogP) is 1.86. The first-order valence-corrected chi connectivity index (χ1v) is 8.85. The van der Waals surface area contributed by atoms with Gasteiger partial charge in [0.1, 0.15) is 22.0 Å². The van der Waals surface area contributed by atoms with E-state index in [0.29, 0.717) is 17.1 Å². The van der Waals surface area contributed by atoms with Crippen molar-refractivity contribution in [3.8, 4) is 0 Å². The maximum Gasteiger partial charge on any atom is 0.243 e. The Labute approximate surface area is 136 Å². The van der Waals surface area contributed by atoms with Gasteiger partial charge in [0.05, 0.1) is 6.20 Å². The van der Waals surface area contributed by atoms with Gasteiger partial charge in [0.25, 0.3) is 0 Å². The summed E-state index contributed by atoms with van der Waals surface area (Å²) >= 11 is 0. The number of hydrogen-bond donors (Lipinski definition) is 2. The van der Waals surface area contributed by atoms with E-state index in [9.17, 15) is 13.5 Å². The Morgan fingerprint density at radius 2 is 2.09 bits per heavy atom.